The van der Waals surface area contributed by atoms with Crippen molar-refractivity contribution in [3.05, 3.63) is 36.2 Å². The van der Waals surface area contributed by atoms with Gasteiger partial charge in [0.1, 0.15) is 17.8 Å². The van der Waals surface area contributed by atoms with Gasteiger partial charge in [-0.2, -0.15) is 0 Å². The number of anilines is 2. The fraction of sp³-hybridized carbons (Fsp3) is 0.312. The fourth-order valence-electron chi connectivity index (χ4n) is 2.84. The summed E-state index contributed by atoms with van der Waals surface area (Å²) in [6.07, 6.45) is 6.42. The molecule has 1 N–H and O–H groups in total. The van der Waals surface area contributed by atoms with E-state index in [0.717, 1.165) is 31.7 Å². The number of rotatable bonds is 4. The van der Waals surface area contributed by atoms with E-state index >= 15 is 0 Å². The number of hydrogen-bond acceptors (Lipinski definition) is 8. The molecule has 1 aliphatic rings. The molecule has 0 aromatic carbocycles. The van der Waals surface area contributed by atoms with Crippen molar-refractivity contribution in [1.29, 1.82) is 0 Å². The second-order valence-electron chi connectivity index (χ2n) is 5.73. The standard InChI is InChI=1S/C16H16N6O2S/c23-15(21-16-20-12(9-25-16)13-1-6-19-24-13)11-3-7-22(8-4-11)14-2-5-17-10-18-14/h1-2,5-6,9-11H,3-4,7-8H2,(H,20,21,23). The zero-order valence-electron chi connectivity index (χ0n) is 13.3. The SMILES string of the molecule is O=C(Nc1nc(-c2ccno2)cs1)C1CCN(c2ccncn2)CC1. The predicted molar refractivity (Wildman–Crippen MR) is 93.2 cm³/mol. The minimum absolute atomic E-state index is 0.0146. The Kier molecular flexibility index (Phi) is 4.38. The Morgan fingerprint density at radius 1 is 1.28 bits per heavy atom. The highest BCUT2D eigenvalue weighted by atomic mass is 32.1. The van der Waals surface area contributed by atoms with Crippen molar-refractivity contribution >= 4 is 28.2 Å². The van der Waals surface area contributed by atoms with Crippen LogP contribution in [0.25, 0.3) is 11.5 Å². The first kappa shape index (κ1) is 15.7. The normalized spacial score (nSPS) is 15.3. The summed E-state index contributed by atoms with van der Waals surface area (Å²) >= 11 is 1.38. The second-order valence-corrected chi connectivity index (χ2v) is 6.59. The van der Waals surface area contributed by atoms with Crippen LogP contribution in [0.4, 0.5) is 10.9 Å². The van der Waals surface area contributed by atoms with Gasteiger partial charge in [0.2, 0.25) is 5.91 Å². The van der Waals surface area contributed by atoms with E-state index in [2.05, 4.69) is 30.3 Å². The molecule has 1 fully saturated rings. The van der Waals surface area contributed by atoms with Crippen molar-refractivity contribution in [2.75, 3.05) is 23.3 Å². The molecule has 0 atom stereocenters. The monoisotopic (exact) mass is 356 g/mol. The average molecular weight is 356 g/mol. The van der Waals surface area contributed by atoms with Crippen LogP contribution in [0.1, 0.15) is 12.8 Å². The molecule has 0 spiro atoms. The van der Waals surface area contributed by atoms with E-state index in [1.807, 2.05) is 11.4 Å². The van der Waals surface area contributed by atoms with Crippen LogP contribution in [0.3, 0.4) is 0 Å². The van der Waals surface area contributed by atoms with E-state index in [9.17, 15) is 4.79 Å². The third-order valence-corrected chi connectivity index (χ3v) is 4.94. The molecule has 1 saturated heterocycles. The maximum atomic E-state index is 12.5. The number of thiazole rings is 1. The van der Waals surface area contributed by atoms with Crippen LogP contribution in [-0.2, 0) is 4.79 Å². The average Bonchev–Trinajstić information content (AvgIpc) is 3.34. The van der Waals surface area contributed by atoms with Gasteiger partial charge in [-0.1, -0.05) is 5.16 Å². The Hall–Kier alpha value is -2.81. The molecule has 4 rings (SSSR count). The van der Waals surface area contributed by atoms with Gasteiger partial charge >= 0.3 is 0 Å². The fourth-order valence-corrected chi connectivity index (χ4v) is 3.54. The van der Waals surface area contributed by atoms with E-state index in [4.69, 9.17) is 4.52 Å². The van der Waals surface area contributed by atoms with Gasteiger partial charge in [0.25, 0.3) is 0 Å². The van der Waals surface area contributed by atoms with Gasteiger partial charge in [-0.15, -0.1) is 11.3 Å². The maximum absolute atomic E-state index is 12.5. The molecule has 25 heavy (non-hydrogen) atoms. The van der Waals surface area contributed by atoms with Crippen LogP contribution in [0, 0.1) is 5.92 Å². The van der Waals surface area contributed by atoms with Crippen molar-refractivity contribution in [3.63, 3.8) is 0 Å². The number of nitrogens with zero attached hydrogens (tertiary/aromatic N) is 5. The first-order chi connectivity index (χ1) is 12.3. The minimum Gasteiger partial charge on any atom is -0.356 e. The molecule has 3 aromatic rings. The summed E-state index contributed by atoms with van der Waals surface area (Å²) < 4.78 is 5.07. The lowest BCUT2D eigenvalue weighted by molar-refractivity contribution is -0.120. The predicted octanol–water partition coefficient (Wildman–Crippen LogP) is 2.44. The van der Waals surface area contributed by atoms with Gasteiger partial charge in [0, 0.05) is 36.7 Å². The van der Waals surface area contributed by atoms with Crippen LogP contribution in [0.15, 0.2) is 40.8 Å². The summed E-state index contributed by atoms with van der Waals surface area (Å²) in [5.74, 6) is 1.50. The summed E-state index contributed by atoms with van der Waals surface area (Å²) in [6, 6.07) is 3.63. The third kappa shape index (κ3) is 3.50. The Labute approximate surface area is 147 Å². The number of carbonyl (C=O) groups is 1. The Morgan fingerprint density at radius 2 is 2.16 bits per heavy atom. The highest BCUT2D eigenvalue weighted by Gasteiger charge is 2.26. The quantitative estimate of drug-likeness (QED) is 0.767. The number of carbonyl (C=O) groups excluding carboxylic acids is 1. The number of hydrogen-bond donors (Lipinski definition) is 1. The smallest absolute Gasteiger partial charge is 0.229 e. The summed E-state index contributed by atoms with van der Waals surface area (Å²) in [5.41, 5.74) is 0.677. The van der Waals surface area contributed by atoms with Gasteiger partial charge in [0.15, 0.2) is 10.9 Å². The maximum Gasteiger partial charge on any atom is 0.229 e. The third-order valence-electron chi connectivity index (χ3n) is 4.18. The molecule has 4 heterocycles. The summed E-state index contributed by atoms with van der Waals surface area (Å²) in [5, 5.41) is 8.99. The van der Waals surface area contributed by atoms with Crippen molar-refractivity contribution in [2.24, 2.45) is 5.92 Å². The zero-order chi connectivity index (χ0) is 17.1. The molecule has 3 aromatic heterocycles. The zero-order valence-corrected chi connectivity index (χ0v) is 14.1. The van der Waals surface area contributed by atoms with Crippen LogP contribution < -0.4 is 10.2 Å². The first-order valence-corrected chi connectivity index (χ1v) is 8.86. The molecule has 0 unspecified atom stereocenters. The molecule has 0 saturated carbocycles. The molecule has 1 aliphatic heterocycles. The number of amides is 1. The summed E-state index contributed by atoms with van der Waals surface area (Å²) in [4.78, 5) is 27.2. The summed E-state index contributed by atoms with van der Waals surface area (Å²) in [7, 11) is 0. The Balaban J connectivity index is 1.34. The van der Waals surface area contributed by atoms with Crippen LogP contribution in [0.5, 0.6) is 0 Å². The van der Waals surface area contributed by atoms with Gasteiger partial charge in [-0.05, 0) is 18.9 Å². The molecular formula is C16H16N6O2S. The molecule has 9 heteroatoms. The lowest BCUT2D eigenvalue weighted by atomic mass is 9.96. The van der Waals surface area contributed by atoms with E-state index in [1.165, 1.54) is 11.3 Å². The van der Waals surface area contributed by atoms with Crippen LogP contribution in [-0.4, -0.2) is 39.1 Å². The van der Waals surface area contributed by atoms with Gasteiger partial charge in [-0.3, -0.25) is 4.79 Å². The number of nitrogens with one attached hydrogen (secondary N) is 1. The second kappa shape index (κ2) is 6.98. The molecule has 8 nitrogen and oxygen atoms in total. The number of piperidine rings is 1. The molecular weight excluding hydrogens is 340 g/mol. The first-order valence-electron chi connectivity index (χ1n) is 7.98. The largest absolute Gasteiger partial charge is 0.356 e. The van der Waals surface area contributed by atoms with Crippen LogP contribution in [0.2, 0.25) is 0 Å². The van der Waals surface area contributed by atoms with Crippen LogP contribution >= 0.6 is 11.3 Å². The van der Waals surface area contributed by atoms with Crippen molar-refractivity contribution in [3.8, 4) is 11.5 Å². The topological polar surface area (TPSA) is 97.0 Å². The van der Waals surface area contributed by atoms with Gasteiger partial charge in [0.05, 0.1) is 6.20 Å². The van der Waals surface area contributed by atoms with E-state index in [-0.39, 0.29) is 11.8 Å². The Bertz CT molecular complexity index is 827. The van der Waals surface area contributed by atoms with E-state index in [0.29, 0.717) is 16.6 Å². The molecule has 0 radical (unpaired) electrons. The molecule has 128 valence electrons. The molecule has 0 aliphatic carbocycles. The van der Waals surface area contributed by atoms with Gasteiger partial charge < -0.3 is 14.7 Å². The van der Waals surface area contributed by atoms with Crippen molar-refractivity contribution in [2.45, 2.75) is 12.8 Å². The number of aromatic nitrogens is 4. The van der Waals surface area contributed by atoms with Gasteiger partial charge in [-0.25, -0.2) is 15.0 Å². The van der Waals surface area contributed by atoms with Crippen molar-refractivity contribution < 1.29 is 9.32 Å². The molecule has 1 amide bonds. The summed E-state index contributed by atoms with van der Waals surface area (Å²) in [6.45, 7) is 1.60. The van der Waals surface area contributed by atoms with E-state index in [1.54, 1.807) is 24.8 Å². The van der Waals surface area contributed by atoms with E-state index < -0.39 is 0 Å². The molecule has 0 bridgehead atoms. The highest BCUT2D eigenvalue weighted by Crippen LogP contribution is 2.26. The minimum atomic E-state index is -0.0179. The Morgan fingerprint density at radius 3 is 2.88 bits per heavy atom. The lowest BCUT2D eigenvalue weighted by Gasteiger charge is -2.31. The van der Waals surface area contributed by atoms with Crippen molar-refractivity contribution in [1.82, 2.24) is 20.1 Å². The highest BCUT2D eigenvalue weighted by molar-refractivity contribution is 7.14. The lowest BCUT2D eigenvalue weighted by Crippen LogP contribution is -2.38.